The summed E-state index contributed by atoms with van der Waals surface area (Å²) in [6.45, 7) is 1.21. The summed E-state index contributed by atoms with van der Waals surface area (Å²) in [4.78, 5) is 18.9. The minimum absolute atomic E-state index is 0.115. The highest BCUT2D eigenvalue weighted by Crippen LogP contribution is 2.30. The van der Waals surface area contributed by atoms with Crippen LogP contribution >= 0.6 is 23.2 Å². The van der Waals surface area contributed by atoms with E-state index in [4.69, 9.17) is 23.2 Å². The Morgan fingerprint density at radius 1 is 1.00 bits per heavy atom. The van der Waals surface area contributed by atoms with Crippen molar-refractivity contribution >= 4 is 34.8 Å². The molecule has 1 aliphatic rings. The van der Waals surface area contributed by atoms with Crippen molar-refractivity contribution in [2.45, 2.75) is 13.1 Å². The van der Waals surface area contributed by atoms with Crippen LogP contribution in [0.1, 0.15) is 21.6 Å². The third kappa shape index (κ3) is 2.58. The number of rotatable bonds is 1. The van der Waals surface area contributed by atoms with Crippen molar-refractivity contribution in [3.63, 3.8) is 0 Å². The topological polar surface area (TPSA) is 38.1 Å². The third-order valence-corrected chi connectivity index (χ3v) is 4.66. The van der Waals surface area contributed by atoms with E-state index in [2.05, 4.69) is 9.55 Å². The van der Waals surface area contributed by atoms with E-state index >= 15 is 0 Å². The van der Waals surface area contributed by atoms with E-state index in [1.54, 1.807) is 17.0 Å². The molecule has 0 atom stereocenters. The summed E-state index contributed by atoms with van der Waals surface area (Å²) in [7, 11) is 0. The maximum atomic E-state index is 13.1. The molecule has 24 heavy (non-hydrogen) atoms. The molecule has 2 aromatic heterocycles. The molecule has 6 heteroatoms. The van der Waals surface area contributed by atoms with E-state index < -0.39 is 0 Å². The van der Waals surface area contributed by atoms with Crippen LogP contribution in [0.15, 0.2) is 54.7 Å². The normalized spacial score (nSPS) is 13.2. The van der Waals surface area contributed by atoms with Gasteiger partial charge in [0.05, 0.1) is 12.1 Å². The molecule has 1 aromatic carbocycles. The van der Waals surface area contributed by atoms with Gasteiger partial charge in [-0.3, -0.25) is 4.79 Å². The van der Waals surface area contributed by atoms with Gasteiger partial charge in [-0.1, -0.05) is 41.4 Å². The fourth-order valence-electron chi connectivity index (χ4n) is 2.98. The van der Waals surface area contributed by atoms with Gasteiger partial charge in [-0.15, -0.1) is 0 Å². The smallest absolute Gasteiger partial charge is 0.261 e. The molecule has 0 spiro atoms. The minimum atomic E-state index is -0.189. The Bertz CT molecular complexity index is 936. The van der Waals surface area contributed by atoms with E-state index in [-0.39, 0.29) is 16.2 Å². The lowest BCUT2D eigenvalue weighted by Crippen LogP contribution is -2.31. The van der Waals surface area contributed by atoms with Gasteiger partial charge in [0.1, 0.15) is 10.3 Å². The predicted octanol–water partition coefficient (Wildman–Crippen LogP) is 4.40. The van der Waals surface area contributed by atoms with Gasteiger partial charge in [-0.25, -0.2) is 4.98 Å². The number of aromatic nitrogens is 2. The summed E-state index contributed by atoms with van der Waals surface area (Å²) >= 11 is 12.0. The average molecular weight is 358 g/mol. The van der Waals surface area contributed by atoms with Crippen LogP contribution in [0.2, 0.25) is 10.3 Å². The van der Waals surface area contributed by atoms with Crippen LogP contribution in [0.5, 0.6) is 0 Å². The molecule has 0 aliphatic carbocycles. The van der Waals surface area contributed by atoms with Crippen LogP contribution < -0.4 is 4.90 Å². The molecule has 0 unspecified atom stereocenters. The van der Waals surface area contributed by atoms with Crippen LogP contribution in [0.4, 0.5) is 5.69 Å². The van der Waals surface area contributed by atoms with E-state index in [0.29, 0.717) is 12.1 Å². The molecule has 0 saturated carbocycles. The highest BCUT2D eigenvalue weighted by atomic mass is 35.5. The number of nitrogens with zero attached hydrogens (tertiary/aromatic N) is 3. The van der Waals surface area contributed by atoms with Crippen LogP contribution in [0, 0.1) is 0 Å². The fourth-order valence-corrected chi connectivity index (χ4v) is 3.41. The number of benzene rings is 1. The zero-order chi connectivity index (χ0) is 16.7. The molecule has 0 N–H and O–H groups in total. The Morgan fingerprint density at radius 3 is 2.67 bits per heavy atom. The minimum Gasteiger partial charge on any atom is -0.345 e. The second-order valence-electron chi connectivity index (χ2n) is 5.62. The zero-order valence-corrected chi connectivity index (χ0v) is 14.1. The lowest BCUT2D eigenvalue weighted by molar-refractivity contribution is 0.0984. The van der Waals surface area contributed by atoms with E-state index in [1.165, 1.54) is 0 Å². The van der Waals surface area contributed by atoms with Gasteiger partial charge >= 0.3 is 0 Å². The molecule has 1 amide bonds. The molecule has 4 rings (SSSR count). The average Bonchev–Trinajstić information content (AvgIpc) is 2.93. The first-order chi connectivity index (χ1) is 11.6. The third-order valence-electron chi connectivity index (χ3n) is 4.16. The van der Waals surface area contributed by atoms with Crippen molar-refractivity contribution < 1.29 is 4.79 Å². The molecular formula is C18H13Cl2N3O. The summed E-state index contributed by atoms with van der Waals surface area (Å²) in [6.07, 6.45) is 2.02. The Balaban J connectivity index is 1.83. The van der Waals surface area contributed by atoms with Crippen molar-refractivity contribution in [2.75, 3.05) is 4.90 Å². The van der Waals surface area contributed by atoms with Crippen LogP contribution in [-0.2, 0) is 13.1 Å². The zero-order valence-electron chi connectivity index (χ0n) is 12.6. The van der Waals surface area contributed by atoms with Gasteiger partial charge in [0, 0.05) is 24.1 Å². The SMILES string of the molecule is O=C(c1ccc(Cl)nc1Cl)N1Cc2cccn2Cc2ccccc21. The Hall–Kier alpha value is -2.30. The van der Waals surface area contributed by atoms with Gasteiger partial charge in [0.15, 0.2) is 0 Å². The first-order valence-corrected chi connectivity index (χ1v) is 8.25. The molecule has 0 bridgehead atoms. The lowest BCUT2D eigenvalue weighted by atomic mass is 10.1. The molecule has 4 nitrogen and oxygen atoms in total. The number of anilines is 1. The summed E-state index contributed by atoms with van der Waals surface area (Å²) in [5, 5.41) is 0.381. The molecular weight excluding hydrogens is 345 g/mol. The molecule has 120 valence electrons. The number of para-hydroxylation sites is 1. The maximum Gasteiger partial charge on any atom is 0.261 e. The van der Waals surface area contributed by atoms with Crippen molar-refractivity contribution in [2.24, 2.45) is 0 Å². The molecule has 3 aromatic rings. The van der Waals surface area contributed by atoms with E-state index in [9.17, 15) is 4.79 Å². The molecule has 1 aliphatic heterocycles. The molecule has 3 heterocycles. The van der Waals surface area contributed by atoms with Crippen LogP contribution in [-0.4, -0.2) is 15.5 Å². The number of halogens is 2. The van der Waals surface area contributed by atoms with Crippen molar-refractivity contribution in [1.29, 1.82) is 0 Å². The maximum absolute atomic E-state index is 13.1. The monoisotopic (exact) mass is 357 g/mol. The Labute approximate surface area is 149 Å². The second-order valence-corrected chi connectivity index (χ2v) is 6.37. The number of hydrogen-bond acceptors (Lipinski definition) is 2. The highest BCUT2D eigenvalue weighted by Gasteiger charge is 2.26. The number of carbonyl (C=O) groups is 1. The van der Waals surface area contributed by atoms with E-state index in [1.807, 2.05) is 42.6 Å². The number of pyridine rings is 1. The lowest BCUT2D eigenvalue weighted by Gasteiger charge is -2.23. The predicted molar refractivity (Wildman–Crippen MR) is 94.7 cm³/mol. The second kappa shape index (κ2) is 5.96. The first kappa shape index (κ1) is 15.2. The summed E-state index contributed by atoms with van der Waals surface area (Å²) in [5.74, 6) is -0.189. The quantitative estimate of drug-likeness (QED) is 0.605. The van der Waals surface area contributed by atoms with Crippen molar-refractivity contribution in [3.05, 3.63) is 81.9 Å². The number of fused-ring (bicyclic) bond motifs is 2. The standard InChI is InChI=1S/C18H13Cl2N3O/c19-16-8-7-14(17(20)21-16)18(24)23-11-13-5-3-9-22(13)10-12-4-1-2-6-15(12)23/h1-9H,10-11H2. The fraction of sp³-hybridized carbons (Fsp3) is 0.111. The summed E-state index contributed by atoms with van der Waals surface area (Å²) in [5.41, 5.74) is 3.38. The molecule has 0 saturated heterocycles. The van der Waals surface area contributed by atoms with Gasteiger partial charge in [0.2, 0.25) is 0 Å². The van der Waals surface area contributed by atoms with Gasteiger partial charge in [-0.2, -0.15) is 0 Å². The van der Waals surface area contributed by atoms with Crippen molar-refractivity contribution in [1.82, 2.24) is 9.55 Å². The molecule has 0 fully saturated rings. The number of hydrogen-bond donors (Lipinski definition) is 0. The van der Waals surface area contributed by atoms with Crippen LogP contribution in [0.3, 0.4) is 0 Å². The number of carbonyl (C=O) groups excluding carboxylic acids is 1. The summed E-state index contributed by atoms with van der Waals surface area (Å²) < 4.78 is 2.15. The first-order valence-electron chi connectivity index (χ1n) is 7.49. The van der Waals surface area contributed by atoms with Gasteiger partial charge < -0.3 is 9.47 Å². The van der Waals surface area contributed by atoms with Gasteiger partial charge in [0.25, 0.3) is 5.91 Å². The Morgan fingerprint density at radius 2 is 1.83 bits per heavy atom. The van der Waals surface area contributed by atoms with Gasteiger partial charge in [-0.05, 0) is 35.9 Å². The molecule has 0 radical (unpaired) electrons. The van der Waals surface area contributed by atoms with Crippen LogP contribution in [0.25, 0.3) is 0 Å². The largest absolute Gasteiger partial charge is 0.345 e. The van der Waals surface area contributed by atoms with E-state index in [0.717, 1.165) is 23.5 Å². The van der Waals surface area contributed by atoms with Crippen molar-refractivity contribution in [3.8, 4) is 0 Å². The highest BCUT2D eigenvalue weighted by molar-refractivity contribution is 6.35. The Kier molecular flexibility index (Phi) is 3.79. The summed E-state index contributed by atoms with van der Waals surface area (Å²) in [6, 6.07) is 15.1. The number of amides is 1.